The van der Waals surface area contributed by atoms with Crippen LogP contribution in [-0.4, -0.2) is 34.0 Å². The molecule has 17 heavy (non-hydrogen) atoms. The van der Waals surface area contributed by atoms with E-state index >= 15 is 0 Å². The Kier molecular flexibility index (Phi) is 5.15. The zero-order valence-corrected chi connectivity index (χ0v) is 11.7. The molecule has 1 atom stereocenters. The van der Waals surface area contributed by atoms with E-state index in [9.17, 15) is 10.1 Å². The van der Waals surface area contributed by atoms with Gasteiger partial charge in [-0.2, -0.15) is 23.5 Å². The van der Waals surface area contributed by atoms with E-state index in [0.717, 1.165) is 18.7 Å². The number of thioether (sulfide) groups is 2. The molecule has 0 amide bonds. The fourth-order valence-corrected chi connectivity index (χ4v) is 4.96. The van der Waals surface area contributed by atoms with Crippen LogP contribution in [-0.2, 0) is 6.54 Å². The molecule has 1 fully saturated rings. The van der Waals surface area contributed by atoms with Crippen LogP contribution in [0.25, 0.3) is 0 Å². The molecule has 2 rings (SSSR count). The average molecular weight is 290 g/mol. The standard InChI is InChI=1S/C10H14N2O2S3/c13-12(14)10-3-8(6-17-10)4-11-5-9-7-15-1-2-16-9/h3,6,9,11H,1-2,4-5,7H2. The van der Waals surface area contributed by atoms with Crippen molar-refractivity contribution in [3.05, 3.63) is 27.1 Å². The summed E-state index contributed by atoms with van der Waals surface area (Å²) in [5, 5.41) is 16.7. The first-order valence-corrected chi connectivity index (χ1v) is 8.46. The van der Waals surface area contributed by atoms with Gasteiger partial charge >= 0.3 is 5.00 Å². The maximum Gasteiger partial charge on any atom is 0.324 e. The van der Waals surface area contributed by atoms with Gasteiger partial charge in [0.05, 0.1) is 4.92 Å². The van der Waals surface area contributed by atoms with E-state index < -0.39 is 0 Å². The van der Waals surface area contributed by atoms with Crippen molar-refractivity contribution >= 4 is 39.9 Å². The van der Waals surface area contributed by atoms with Crippen molar-refractivity contribution in [2.75, 3.05) is 23.8 Å². The summed E-state index contributed by atoms with van der Waals surface area (Å²) in [5.41, 5.74) is 1.01. The highest BCUT2D eigenvalue weighted by atomic mass is 32.2. The minimum atomic E-state index is -0.332. The first-order valence-electron chi connectivity index (χ1n) is 5.37. The lowest BCUT2D eigenvalue weighted by Crippen LogP contribution is -2.28. The van der Waals surface area contributed by atoms with Crippen LogP contribution in [0.4, 0.5) is 5.00 Å². The molecular weight excluding hydrogens is 276 g/mol. The van der Waals surface area contributed by atoms with Gasteiger partial charge in [0, 0.05) is 47.0 Å². The van der Waals surface area contributed by atoms with Gasteiger partial charge in [-0.3, -0.25) is 10.1 Å². The van der Waals surface area contributed by atoms with Crippen molar-refractivity contribution in [3.8, 4) is 0 Å². The van der Waals surface area contributed by atoms with Crippen LogP contribution in [0.3, 0.4) is 0 Å². The molecule has 2 heterocycles. The van der Waals surface area contributed by atoms with Gasteiger partial charge in [-0.15, -0.1) is 0 Å². The molecular formula is C10H14N2O2S3. The lowest BCUT2D eigenvalue weighted by Gasteiger charge is -2.20. The smallest absolute Gasteiger partial charge is 0.312 e. The molecule has 1 aliphatic rings. The van der Waals surface area contributed by atoms with E-state index in [1.54, 1.807) is 6.07 Å². The molecule has 0 aromatic carbocycles. The first kappa shape index (κ1) is 13.2. The van der Waals surface area contributed by atoms with Gasteiger partial charge in [-0.1, -0.05) is 11.3 Å². The van der Waals surface area contributed by atoms with Gasteiger partial charge in [-0.05, 0) is 5.56 Å². The van der Waals surface area contributed by atoms with Gasteiger partial charge in [0.15, 0.2) is 0 Å². The van der Waals surface area contributed by atoms with Crippen molar-refractivity contribution in [2.24, 2.45) is 0 Å². The molecule has 1 aromatic rings. The average Bonchev–Trinajstić information content (AvgIpc) is 2.79. The monoisotopic (exact) mass is 290 g/mol. The largest absolute Gasteiger partial charge is 0.324 e. The molecule has 1 N–H and O–H groups in total. The van der Waals surface area contributed by atoms with Crippen molar-refractivity contribution < 1.29 is 4.92 Å². The van der Waals surface area contributed by atoms with E-state index in [-0.39, 0.29) is 9.92 Å². The third-order valence-corrected chi connectivity index (χ3v) is 6.18. The Morgan fingerprint density at radius 2 is 2.41 bits per heavy atom. The highest BCUT2D eigenvalue weighted by molar-refractivity contribution is 8.06. The summed E-state index contributed by atoms with van der Waals surface area (Å²) in [5.74, 6) is 3.71. The number of hydrogen-bond acceptors (Lipinski definition) is 6. The number of hydrogen-bond donors (Lipinski definition) is 1. The number of rotatable bonds is 5. The van der Waals surface area contributed by atoms with Crippen LogP contribution in [0.5, 0.6) is 0 Å². The third-order valence-electron chi connectivity index (χ3n) is 2.41. The summed E-state index contributed by atoms with van der Waals surface area (Å²) in [6.07, 6.45) is 0. The summed E-state index contributed by atoms with van der Waals surface area (Å²) >= 11 is 5.22. The van der Waals surface area contributed by atoms with E-state index in [0.29, 0.717) is 5.25 Å². The van der Waals surface area contributed by atoms with Crippen molar-refractivity contribution in [3.63, 3.8) is 0 Å². The number of nitro groups is 1. The van der Waals surface area contributed by atoms with Crippen LogP contribution in [0, 0.1) is 10.1 Å². The molecule has 0 aliphatic carbocycles. The number of thiophene rings is 1. The highest BCUT2D eigenvalue weighted by Gasteiger charge is 2.14. The highest BCUT2D eigenvalue weighted by Crippen LogP contribution is 2.24. The maximum atomic E-state index is 10.5. The Morgan fingerprint density at radius 1 is 1.53 bits per heavy atom. The fourth-order valence-electron chi connectivity index (χ4n) is 1.58. The molecule has 0 radical (unpaired) electrons. The van der Waals surface area contributed by atoms with Crippen molar-refractivity contribution in [1.82, 2.24) is 5.32 Å². The molecule has 0 bridgehead atoms. The molecule has 94 valence electrons. The molecule has 4 nitrogen and oxygen atoms in total. The Labute approximate surface area is 113 Å². The summed E-state index contributed by atoms with van der Waals surface area (Å²) < 4.78 is 0. The Bertz CT molecular complexity index is 377. The van der Waals surface area contributed by atoms with Crippen molar-refractivity contribution in [1.29, 1.82) is 0 Å². The fraction of sp³-hybridized carbons (Fsp3) is 0.600. The SMILES string of the molecule is O=[N+]([O-])c1cc(CNCC2CSCCS2)cs1. The lowest BCUT2D eigenvalue weighted by molar-refractivity contribution is -0.380. The second kappa shape index (κ2) is 6.63. The molecule has 0 spiro atoms. The van der Waals surface area contributed by atoms with Crippen molar-refractivity contribution in [2.45, 2.75) is 11.8 Å². The zero-order chi connectivity index (χ0) is 12.1. The summed E-state index contributed by atoms with van der Waals surface area (Å²) in [6.45, 7) is 1.72. The summed E-state index contributed by atoms with van der Waals surface area (Å²) in [7, 11) is 0. The second-order valence-corrected chi connectivity index (χ2v) is 7.20. The molecule has 1 aliphatic heterocycles. The molecule has 1 unspecified atom stereocenters. The predicted molar refractivity (Wildman–Crippen MR) is 76.3 cm³/mol. The normalized spacial score (nSPS) is 20.4. The molecule has 7 heteroatoms. The van der Waals surface area contributed by atoms with Gasteiger partial charge in [0.25, 0.3) is 0 Å². The lowest BCUT2D eigenvalue weighted by atomic mass is 10.3. The van der Waals surface area contributed by atoms with Crippen LogP contribution in [0.2, 0.25) is 0 Å². The van der Waals surface area contributed by atoms with Gasteiger partial charge in [0.2, 0.25) is 0 Å². The number of nitrogens with zero attached hydrogens (tertiary/aromatic N) is 1. The second-order valence-electron chi connectivity index (χ2n) is 3.75. The van der Waals surface area contributed by atoms with E-state index in [4.69, 9.17) is 0 Å². The quantitative estimate of drug-likeness (QED) is 0.667. The van der Waals surface area contributed by atoms with E-state index in [1.807, 2.05) is 28.9 Å². The Morgan fingerprint density at radius 3 is 3.06 bits per heavy atom. The van der Waals surface area contributed by atoms with E-state index in [1.165, 1.54) is 28.6 Å². The number of nitrogens with one attached hydrogen (secondary N) is 1. The Balaban J connectivity index is 1.71. The zero-order valence-electron chi connectivity index (χ0n) is 9.26. The third kappa shape index (κ3) is 4.17. The van der Waals surface area contributed by atoms with Crippen LogP contribution in [0.1, 0.15) is 5.56 Å². The minimum Gasteiger partial charge on any atom is -0.312 e. The predicted octanol–water partition coefficient (Wildman–Crippen LogP) is 2.59. The van der Waals surface area contributed by atoms with Gasteiger partial charge in [-0.25, -0.2) is 0 Å². The molecule has 1 aromatic heterocycles. The van der Waals surface area contributed by atoms with Crippen LogP contribution < -0.4 is 5.32 Å². The minimum absolute atomic E-state index is 0.226. The summed E-state index contributed by atoms with van der Waals surface area (Å²) in [4.78, 5) is 10.2. The van der Waals surface area contributed by atoms with Crippen LogP contribution >= 0.6 is 34.9 Å². The maximum absolute atomic E-state index is 10.5. The van der Waals surface area contributed by atoms with Gasteiger partial charge < -0.3 is 5.32 Å². The van der Waals surface area contributed by atoms with Gasteiger partial charge in [0.1, 0.15) is 0 Å². The Hall–Kier alpha value is -0.240. The molecule has 0 saturated carbocycles. The molecule has 1 saturated heterocycles. The van der Waals surface area contributed by atoms with Crippen LogP contribution in [0.15, 0.2) is 11.4 Å². The topological polar surface area (TPSA) is 55.2 Å². The summed E-state index contributed by atoms with van der Waals surface area (Å²) in [6, 6.07) is 1.65. The first-order chi connectivity index (χ1) is 8.25. The van der Waals surface area contributed by atoms with E-state index in [2.05, 4.69) is 5.32 Å².